The Kier molecular flexibility index (Phi) is 4.27. The second-order valence-electron chi connectivity index (χ2n) is 3.75. The number of benzene rings is 1. The largest absolute Gasteiger partial charge is 0.380 e. The van der Waals surface area contributed by atoms with Gasteiger partial charge >= 0.3 is 0 Å². The lowest BCUT2D eigenvalue weighted by Gasteiger charge is -2.11. The van der Waals surface area contributed by atoms with Crippen LogP contribution in [0.2, 0.25) is 0 Å². The lowest BCUT2D eigenvalue weighted by atomic mass is 10.2. The molecule has 96 valence electrons. The molecule has 2 rings (SSSR count). The van der Waals surface area contributed by atoms with Crippen LogP contribution in [0.5, 0.6) is 0 Å². The van der Waals surface area contributed by atoms with Crippen LogP contribution in [0.4, 0.5) is 5.69 Å². The van der Waals surface area contributed by atoms with Crippen molar-refractivity contribution in [3.05, 3.63) is 34.1 Å². The molecule has 2 aromatic rings. The van der Waals surface area contributed by atoms with E-state index >= 15 is 0 Å². The summed E-state index contributed by atoms with van der Waals surface area (Å²) in [6.07, 6.45) is 0. The van der Waals surface area contributed by atoms with Crippen molar-refractivity contribution in [2.24, 2.45) is 7.05 Å². The molecule has 1 aromatic heterocycles. The zero-order valence-electron chi connectivity index (χ0n) is 10.2. The summed E-state index contributed by atoms with van der Waals surface area (Å²) in [5.74, 6) is 0.654. The number of nitrogens with one attached hydrogen (secondary N) is 1. The average molecular weight is 312 g/mol. The molecule has 0 saturated carbocycles. The van der Waals surface area contributed by atoms with Gasteiger partial charge in [-0.15, -0.1) is 10.2 Å². The minimum Gasteiger partial charge on any atom is -0.380 e. The van der Waals surface area contributed by atoms with Crippen molar-refractivity contribution in [2.45, 2.75) is 13.2 Å². The zero-order chi connectivity index (χ0) is 13.0. The van der Waals surface area contributed by atoms with Crippen molar-refractivity contribution in [3.8, 4) is 0 Å². The maximum Gasteiger partial charge on any atom is 0.193 e. The summed E-state index contributed by atoms with van der Waals surface area (Å²) in [6, 6.07) is 5.95. The van der Waals surface area contributed by atoms with Crippen LogP contribution in [0.15, 0.2) is 22.7 Å². The maximum absolute atomic E-state index is 5.19. The van der Waals surface area contributed by atoms with Gasteiger partial charge in [-0.1, -0.05) is 22.0 Å². The summed E-state index contributed by atoms with van der Waals surface area (Å²) in [4.78, 5) is 1.44. The van der Waals surface area contributed by atoms with E-state index in [4.69, 9.17) is 4.74 Å². The molecule has 0 aliphatic carbocycles. The fourth-order valence-electron chi connectivity index (χ4n) is 1.58. The third-order valence-electron chi connectivity index (χ3n) is 2.39. The van der Waals surface area contributed by atoms with Crippen LogP contribution in [0.25, 0.3) is 0 Å². The zero-order valence-corrected chi connectivity index (χ0v) is 11.8. The second kappa shape index (κ2) is 5.92. The predicted octanol–water partition coefficient (Wildman–Crippen LogP) is 1.73. The SMILES string of the molecule is COCc1c(Br)cccc1NCc1nnn(C)n1. The quantitative estimate of drug-likeness (QED) is 0.911. The predicted molar refractivity (Wildman–Crippen MR) is 71.0 cm³/mol. The molecule has 0 unspecified atom stereocenters. The molecule has 0 amide bonds. The number of anilines is 1. The molecule has 6 nitrogen and oxygen atoms in total. The van der Waals surface area contributed by atoms with Gasteiger partial charge in [0.05, 0.1) is 20.2 Å². The van der Waals surface area contributed by atoms with E-state index in [9.17, 15) is 0 Å². The fourth-order valence-corrected chi connectivity index (χ4v) is 2.06. The Labute approximate surface area is 113 Å². The molecular weight excluding hydrogens is 298 g/mol. The summed E-state index contributed by atoms with van der Waals surface area (Å²) < 4.78 is 6.20. The molecule has 0 fully saturated rings. The third-order valence-corrected chi connectivity index (χ3v) is 3.14. The van der Waals surface area contributed by atoms with Crippen molar-refractivity contribution in [3.63, 3.8) is 0 Å². The van der Waals surface area contributed by atoms with Gasteiger partial charge in [0.15, 0.2) is 5.82 Å². The molecule has 0 aliphatic rings. The van der Waals surface area contributed by atoms with E-state index in [0.29, 0.717) is 19.0 Å². The van der Waals surface area contributed by atoms with Gasteiger partial charge in [0.1, 0.15) is 0 Å². The molecule has 0 aliphatic heterocycles. The van der Waals surface area contributed by atoms with Gasteiger partial charge in [-0.05, 0) is 17.3 Å². The number of tetrazole rings is 1. The first kappa shape index (κ1) is 13.0. The van der Waals surface area contributed by atoms with Crippen molar-refractivity contribution >= 4 is 21.6 Å². The summed E-state index contributed by atoms with van der Waals surface area (Å²) >= 11 is 3.51. The van der Waals surface area contributed by atoms with Crippen molar-refractivity contribution in [1.82, 2.24) is 20.2 Å². The van der Waals surface area contributed by atoms with Crippen molar-refractivity contribution in [2.75, 3.05) is 12.4 Å². The highest BCUT2D eigenvalue weighted by molar-refractivity contribution is 9.10. The van der Waals surface area contributed by atoms with Gasteiger partial charge in [0, 0.05) is 22.8 Å². The van der Waals surface area contributed by atoms with Crippen LogP contribution < -0.4 is 5.32 Å². The molecule has 0 saturated heterocycles. The molecule has 1 aromatic carbocycles. The molecule has 0 spiro atoms. The first-order valence-corrected chi connectivity index (χ1v) is 6.23. The standard InChI is InChI=1S/C11H14BrN5O/c1-17-15-11(14-16-17)6-13-10-5-3-4-9(12)8(10)7-18-2/h3-5,13H,6-7H2,1-2H3. The minimum atomic E-state index is 0.529. The number of nitrogens with zero attached hydrogens (tertiary/aromatic N) is 4. The summed E-state index contributed by atoms with van der Waals surface area (Å²) in [5.41, 5.74) is 2.07. The highest BCUT2D eigenvalue weighted by Crippen LogP contribution is 2.25. The molecule has 1 N–H and O–H groups in total. The molecular formula is C11H14BrN5O. The molecule has 7 heteroatoms. The lowest BCUT2D eigenvalue weighted by molar-refractivity contribution is 0.185. The average Bonchev–Trinajstić information content (AvgIpc) is 2.76. The lowest BCUT2D eigenvalue weighted by Crippen LogP contribution is -2.05. The van der Waals surface area contributed by atoms with Gasteiger partial charge in [-0.25, -0.2) is 0 Å². The Morgan fingerprint density at radius 3 is 2.94 bits per heavy atom. The maximum atomic E-state index is 5.19. The summed E-state index contributed by atoms with van der Waals surface area (Å²) in [6.45, 7) is 1.07. The fraction of sp³-hybridized carbons (Fsp3) is 0.364. The van der Waals surface area contributed by atoms with E-state index in [1.807, 2.05) is 18.2 Å². The van der Waals surface area contributed by atoms with Crippen LogP contribution in [0.1, 0.15) is 11.4 Å². The highest BCUT2D eigenvalue weighted by atomic mass is 79.9. The van der Waals surface area contributed by atoms with Crippen molar-refractivity contribution < 1.29 is 4.74 Å². The van der Waals surface area contributed by atoms with Gasteiger partial charge in [0.2, 0.25) is 0 Å². The smallest absolute Gasteiger partial charge is 0.193 e. The Balaban J connectivity index is 2.11. The molecule has 1 heterocycles. The topological polar surface area (TPSA) is 64.9 Å². The molecule has 0 radical (unpaired) electrons. The number of ether oxygens (including phenoxy) is 1. The van der Waals surface area contributed by atoms with Crippen LogP contribution >= 0.6 is 15.9 Å². The van der Waals surface area contributed by atoms with Gasteiger partial charge < -0.3 is 10.1 Å². The number of aromatic nitrogens is 4. The summed E-state index contributed by atoms with van der Waals surface area (Å²) in [7, 11) is 3.42. The second-order valence-corrected chi connectivity index (χ2v) is 4.60. The molecule has 0 atom stereocenters. The Morgan fingerprint density at radius 2 is 2.28 bits per heavy atom. The monoisotopic (exact) mass is 311 g/mol. The van der Waals surface area contributed by atoms with Crippen molar-refractivity contribution in [1.29, 1.82) is 0 Å². The van der Waals surface area contributed by atoms with E-state index in [1.165, 1.54) is 4.80 Å². The number of methoxy groups -OCH3 is 1. The Morgan fingerprint density at radius 1 is 1.44 bits per heavy atom. The van der Waals surface area contributed by atoms with Crippen LogP contribution in [0.3, 0.4) is 0 Å². The van der Waals surface area contributed by atoms with Crippen LogP contribution in [0, 0.1) is 0 Å². The first-order valence-electron chi connectivity index (χ1n) is 5.44. The van der Waals surface area contributed by atoms with Gasteiger partial charge in [-0.3, -0.25) is 0 Å². The number of halogens is 1. The van der Waals surface area contributed by atoms with E-state index in [2.05, 4.69) is 36.7 Å². The minimum absolute atomic E-state index is 0.529. The number of hydrogen-bond acceptors (Lipinski definition) is 5. The number of hydrogen-bond donors (Lipinski definition) is 1. The normalized spacial score (nSPS) is 10.6. The van der Waals surface area contributed by atoms with E-state index in [0.717, 1.165) is 15.7 Å². The number of rotatable bonds is 5. The molecule has 18 heavy (non-hydrogen) atoms. The summed E-state index contributed by atoms with van der Waals surface area (Å²) in [5, 5.41) is 15.1. The van der Waals surface area contributed by atoms with E-state index < -0.39 is 0 Å². The van der Waals surface area contributed by atoms with E-state index in [-0.39, 0.29) is 0 Å². The Bertz CT molecular complexity index is 528. The Hall–Kier alpha value is -1.47. The molecule has 0 bridgehead atoms. The highest BCUT2D eigenvalue weighted by Gasteiger charge is 2.07. The van der Waals surface area contributed by atoms with Gasteiger partial charge in [0.25, 0.3) is 0 Å². The first-order chi connectivity index (χ1) is 8.70. The number of aryl methyl sites for hydroxylation is 1. The van der Waals surface area contributed by atoms with Crippen LogP contribution in [-0.2, 0) is 24.9 Å². The van der Waals surface area contributed by atoms with Crippen LogP contribution in [-0.4, -0.2) is 27.3 Å². The van der Waals surface area contributed by atoms with E-state index in [1.54, 1.807) is 14.2 Å². The third kappa shape index (κ3) is 3.05. The van der Waals surface area contributed by atoms with Gasteiger partial charge in [-0.2, -0.15) is 4.80 Å².